The van der Waals surface area contributed by atoms with Gasteiger partial charge in [-0.3, -0.25) is 4.79 Å². The lowest BCUT2D eigenvalue weighted by molar-refractivity contribution is -0.274. The van der Waals surface area contributed by atoms with Crippen molar-refractivity contribution < 1.29 is 22.7 Å². The zero-order chi connectivity index (χ0) is 16.9. The Balaban J connectivity index is 1.46. The van der Waals surface area contributed by atoms with Crippen LogP contribution in [0.5, 0.6) is 5.75 Å². The molecule has 130 valence electrons. The standard InChI is InChI=1S/C17H19F3N2O2/c18-17(19,20)24-14-3-1-2-11(6-14)16(23)21-15-12-4-10-5-13(15)9-22(7-10)8-12/h1-3,6,10,12-13,15H,4-5,7-9H2,(H,21,23)/t10?,12-,13+,15?. The molecular weight excluding hydrogens is 321 g/mol. The van der Waals surface area contributed by atoms with Crippen LogP contribution in [0.25, 0.3) is 0 Å². The van der Waals surface area contributed by atoms with E-state index < -0.39 is 6.36 Å². The second-order valence-electron chi connectivity index (χ2n) is 7.15. The van der Waals surface area contributed by atoms with E-state index in [1.54, 1.807) is 0 Å². The summed E-state index contributed by atoms with van der Waals surface area (Å²) in [6.45, 7) is 3.19. The smallest absolute Gasteiger partial charge is 0.406 e. The van der Waals surface area contributed by atoms with Crippen molar-refractivity contribution in [1.82, 2.24) is 10.2 Å². The fourth-order valence-corrected chi connectivity index (χ4v) is 4.71. The summed E-state index contributed by atoms with van der Waals surface area (Å²) in [6, 6.07) is 5.37. The maximum absolute atomic E-state index is 12.5. The molecule has 7 heteroatoms. The molecule has 0 radical (unpaired) electrons. The Morgan fingerprint density at radius 3 is 2.50 bits per heavy atom. The molecule has 4 bridgehead atoms. The summed E-state index contributed by atoms with van der Waals surface area (Å²) in [5.41, 5.74) is 0.200. The third-order valence-electron chi connectivity index (χ3n) is 5.42. The SMILES string of the molecule is O=C(NC1[C@@H]2CC3C[C@H]1CN(C3)C2)c1cccc(OC(F)(F)F)c1. The van der Waals surface area contributed by atoms with Gasteiger partial charge in [0, 0.05) is 31.2 Å². The van der Waals surface area contributed by atoms with Crippen molar-refractivity contribution in [3.63, 3.8) is 0 Å². The summed E-state index contributed by atoms with van der Waals surface area (Å²) in [5.74, 6) is 0.949. The number of ether oxygens (including phenoxy) is 1. The Kier molecular flexibility index (Phi) is 3.71. The van der Waals surface area contributed by atoms with Gasteiger partial charge in [0.05, 0.1) is 0 Å². The summed E-state index contributed by atoms with van der Waals surface area (Å²) >= 11 is 0. The van der Waals surface area contributed by atoms with E-state index in [0.29, 0.717) is 11.8 Å². The van der Waals surface area contributed by atoms with E-state index in [9.17, 15) is 18.0 Å². The van der Waals surface area contributed by atoms with Crippen molar-refractivity contribution in [3.8, 4) is 5.75 Å². The average Bonchev–Trinajstić information content (AvgIpc) is 2.48. The molecule has 4 aliphatic rings. The Labute approximate surface area is 138 Å². The number of piperidine rings is 3. The highest BCUT2D eigenvalue weighted by molar-refractivity contribution is 5.94. The molecule has 1 N–H and O–H groups in total. The van der Waals surface area contributed by atoms with Gasteiger partial charge in [-0.2, -0.15) is 0 Å². The molecule has 0 spiro atoms. The first-order valence-electron chi connectivity index (χ1n) is 8.26. The molecule has 1 aliphatic carbocycles. The normalized spacial score (nSPS) is 34.2. The minimum Gasteiger partial charge on any atom is -0.406 e. The minimum atomic E-state index is -4.76. The molecule has 3 saturated heterocycles. The first-order valence-corrected chi connectivity index (χ1v) is 8.26. The number of carbonyl (C=O) groups is 1. The predicted molar refractivity (Wildman–Crippen MR) is 80.5 cm³/mol. The maximum Gasteiger partial charge on any atom is 0.573 e. The van der Waals surface area contributed by atoms with E-state index in [1.165, 1.54) is 24.7 Å². The molecule has 1 aromatic carbocycles. The van der Waals surface area contributed by atoms with Crippen LogP contribution in [-0.4, -0.2) is 42.8 Å². The minimum absolute atomic E-state index is 0.123. The number of nitrogens with one attached hydrogen (secondary N) is 1. The molecule has 24 heavy (non-hydrogen) atoms. The third-order valence-corrected chi connectivity index (χ3v) is 5.42. The van der Waals surface area contributed by atoms with Crippen LogP contribution in [0.4, 0.5) is 13.2 Å². The predicted octanol–water partition coefficient (Wildman–Crippen LogP) is 2.66. The van der Waals surface area contributed by atoms with E-state index in [0.717, 1.165) is 37.9 Å². The number of benzene rings is 1. The fourth-order valence-electron chi connectivity index (χ4n) is 4.71. The highest BCUT2D eigenvalue weighted by Crippen LogP contribution is 2.43. The summed E-state index contributed by atoms with van der Waals surface area (Å²) in [5, 5.41) is 3.07. The monoisotopic (exact) mass is 340 g/mol. The lowest BCUT2D eigenvalue weighted by Crippen LogP contribution is -2.64. The summed E-state index contributed by atoms with van der Waals surface area (Å²) < 4.78 is 40.8. The average molecular weight is 340 g/mol. The van der Waals surface area contributed by atoms with Crippen LogP contribution in [0, 0.1) is 17.8 Å². The van der Waals surface area contributed by atoms with Gasteiger partial charge in [-0.25, -0.2) is 0 Å². The van der Waals surface area contributed by atoms with Crippen LogP contribution >= 0.6 is 0 Å². The summed E-state index contributed by atoms with van der Waals surface area (Å²) in [6.07, 6.45) is -2.49. The van der Waals surface area contributed by atoms with Gasteiger partial charge in [-0.05, 0) is 48.8 Å². The van der Waals surface area contributed by atoms with Crippen LogP contribution in [-0.2, 0) is 0 Å². The number of amides is 1. The van der Waals surface area contributed by atoms with Crippen molar-refractivity contribution in [2.24, 2.45) is 17.8 Å². The number of rotatable bonds is 3. The largest absolute Gasteiger partial charge is 0.573 e. The quantitative estimate of drug-likeness (QED) is 0.920. The van der Waals surface area contributed by atoms with Crippen LogP contribution in [0.3, 0.4) is 0 Å². The second kappa shape index (κ2) is 5.65. The molecule has 5 rings (SSSR count). The van der Waals surface area contributed by atoms with Crippen LogP contribution in [0.15, 0.2) is 24.3 Å². The zero-order valence-electron chi connectivity index (χ0n) is 13.1. The highest BCUT2D eigenvalue weighted by Gasteiger charge is 2.47. The second-order valence-corrected chi connectivity index (χ2v) is 7.15. The molecule has 3 unspecified atom stereocenters. The fraction of sp³-hybridized carbons (Fsp3) is 0.588. The van der Waals surface area contributed by atoms with Gasteiger partial charge in [-0.15, -0.1) is 13.2 Å². The highest BCUT2D eigenvalue weighted by atomic mass is 19.4. The molecule has 3 heterocycles. The Morgan fingerprint density at radius 2 is 1.88 bits per heavy atom. The first-order chi connectivity index (χ1) is 11.4. The maximum atomic E-state index is 12.5. The van der Waals surface area contributed by atoms with Crippen molar-refractivity contribution in [2.45, 2.75) is 25.2 Å². The molecule has 1 saturated carbocycles. The Bertz CT molecular complexity index is 619. The van der Waals surface area contributed by atoms with E-state index in [-0.39, 0.29) is 23.3 Å². The molecule has 0 aromatic heterocycles. The van der Waals surface area contributed by atoms with Crippen molar-refractivity contribution in [3.05, 3.63) is 29.8 Å². The number of alkyl halides is 3. The molecule has 4 nitrogen and oxygen atoms in total. The number of carbonyl (C=O) groups excluding carboxylic acids is 1. The number of halogens is 3. The van der Waals surface area contributed by atoms with Crippen LogP contribution < -0.4 is 10.1 Å². The van der Waals surface area contributed by atoms with Gasteiger partial charge in [0.25, 0.3) is 5.91 Å². The summed E-state index contributed by atoms with van der Waals surface area (Å²) in [7, 11) is 0. The van der Waals surface area contributed by atoms with E-state index in [1.807, 2.05) is 0 Å². The van der Waals surface area contributed by atoms with Crippen LogP contribution in [0.1, 0.15) is 23.2 Å². The molecule has 5 atom stereocenters. The molecule has 1 aromatic rings. The number of hydrogen-bond donors (Lipinski definition) is 1. The van der Waals surface area contributed by atoms with Gasteiger partial charge in [0.2, 0.25) is 0 Å². The van der Waals surface area contributed by atoms with Crippen molar-refractivity contribution in [2.75, 3.05) is 19.6 Å². The molecule has 4 fully saturated rings. The van der Waals surface area contributed by atoms with Crippen LogP contribution in [0.2, 0.25) is 0 Å². The Hall–Kier alpha value is -1.76. The summed E-state index contributed by atoms with van der Waals surface area (Å²) in [4.78, 5) is 15.0. The number of hydrogen-bond acceptors (Lipinski definition) is 3. The number of nitrogens with zero attached hydrogens (tertiary/aromatic N) is 1. The van der Waals surface area contributed by atoms with Gasteiger partial charge in [0.1, 0.15) is 5.75 Å². The van der Waals surface area contributed by atoms with E-state index in [4.69, 9.17) is 0 Å². The van der Waals surface area contributed by atoms with Gasteiger partial charge in [-0.1, -0.05) is 6.07 Å². The first kappa shape index (κ1) is 15.7. The van der Waals surface area contributed by atoms with E-state index in [2.05, 4.69) is 15.0 Å². The van der Waals surface area contributed by atoms with Gasteiger partial charge < -0.3 is 15.0 Å². The third kappa shape index (κ3) is 3.09. The van der Waals surface area contributed by atoms with Crippen molar-refractivity contribution in [1.29, 1.82) is 0 Å². The lowest BCUT2D eigenvalue weighted by Gasteiger charge is -2.55. The molecule has 1 amide bonds. The van der Waals surface area contributed by atoms with E-state index >= 15 is 0 Å². The van der Waals surface area contributed by atoms with Gasteiger partial charge >= 0.3 is 6.36 Å². The zero-order valence-corrected chi connectivity index (χ0v) is 13.1. The van der Waals surface area contributed by atoms with Crippen molar-refractivity contribution >= 4 is 5.91 Å². The van der Waals surface area contributed by atoms with Gasteiger partial charge in [0.15, 0.2) is 0 Å². The molecule has 3 aliphatic heterocycles. The molecular formula is C17H19F3N2O2. The topological polar surface area (TPSA) is 41.6 Å². The lowest BCUT2D eigenvalue weighted by atomic mass is 9.65. The Morgan fingerprint density at radius 1 is 1.17 bits per heavy atom.